The Hall–Kier alpha value is -1.86. The molecule has 0 bridgehead atoms. The van der Waals surface area contributed by atoms with Crippen LogP contribution in [0.15, 0.2) is 41.6 Å². The third-order valence-electron chi connectivity index (χ3n) is 2.63. The Balaban J connectivity index is 1.98. The molecule has 0 unspecified atom stereocenters. The number of nitrogen functional groups attached to an aromatic ring is 1. The molecule has 1 aromatic heterocycles. The number of nitrogens with zero attached hydrogens (tertiary/aromatic N) is 2. The quantitative estimate of drug-likeness (QED) is 0.781. The molecule has 0 spiro atoms. The second-order valence-corrected chi connectivity index (χ2v) is 6.01. The zero-order valence-electron chi connectivity index (χ0n) is 10.6. The maximum absolute atomic E-state index is 12.0. The van der Waals surface area contributed by atoms with Gasteiger partial charge in [-0.3, -0.25) is 4.68 Å². The fraction of sp³-hybridized carbons (Fsp3) is 0.250. The highest BCUT2D eigenvalue weighted by molar-refractivity contribution is 7.89. The molecular formula is C12H16N4O2S. The van der Waals surface area contributed by atoms with Crippen molar-refractivity contribution >= 4 is 15.7 Å². The topological polar surface area (TPSA) is 90.0 Å². The minimum atomic E-state index is -3.50. The number of rotatable bonds is 5. The molecule has 0 radical (unpaired) electrons. The van der Waals surface area contributed by atoms with Gasteiger partial charge >= 0.3 is 0 Å². The van der Waals surface area contributed by atoms with E-state index in [1.807, 2.05) is 13.2 Å². The standard InChI is InChI=1S/C12H16N4O2S/c1-16-9-10(8-14-16)5-6-15-19(17,18)12-4-2-3-11(13)7-12/h2-4,7-9,15H,5-6,13H2,1H3. The number of nitrogens with two attached hydrogens (primary N) is 1. The van der Waals surface area contributed by atoms with Crippen molar-refractivity contribution in [1.82, 2.24) is 14.5 Å². The van der Waals surface area contributed by atoms with E-state index in [0.29, 0.717) is 18.7 Å². The molecule has 2 aromatic rings. The van der Waals surface area contributed by atoms with Gasteiger partial charge in [0.25, 0.3) is 0 Å². The number of hydrogen-bond donors (Lipinski definition) is 2. The van der Waals surface area contributed by atoms with Crippen LogP contribution in [0.2, 0.25) is 0 Å². The highest BCUT2D eigenvalue weighted by Crippen LogP contribution is 2.12. The van der Waals surface area contributed by atoms with Crippen molar-refractivity contribution in [2.45, 2.75) is 11.3 Å². The highest BCUT2D eigenvalue weighted by atomic mass is 32.2. The fourth-order valence-electron chi connectivity index (χ4n) is 1.70. The monoisotopic (exact) mass is 280 g/mol. The molecule has 7 heteroatoms. The van der Waals surface area contributed by atoms with Crippen LogP contribution in [0, 0.1) is 0 Å². The number of aryl methyl sites for hydroxylation is 1. The molecule has 0 atom stereocenters. The molecule has 0 amide bonds. The first-order valence-corrected chi connectivity index (χ1v) is 7.28. The number of anilines is 1. The van der Waals surface area contributed by atoms with Crippen molar-refractivity contribution in [1.29, 1.82) is 0 Å². The normalized spacial score (nSPS) is 11.6. The Kier molecular flexibility index (Phi) is 3.87. The van der Waals surface area contributed by atoms with Crippen LogP contribution in [0.5, 0.6) is 0 Å². The summed E-state index contributed by atoms with van der Waals surface area (Å²) in [6.45, 7) is 0.322. The number of sulfonamides is 1. The summed E-state index contributed by atoms with van der Waals surface area (Å²) in [7, 11) is -1.68. The number of nitrogens with one attached hydrogen (secondary N) is 1. The fourth-order valence-corrected chi connectivity index (χ4v) is 2.78. The summed E-state index contributed by atoms with van der Waals surface area (Å²) in [5.41, 5.74) is 6.98. The van der Waals surface area contributed by atoms with Crippen LogP contribution in [0.3, 0.4) is 0 Å². The van der Waals surface area contributed by atoms with Gasteiger partial charge in [0.1, 0.15) is 0 Å². The summed E-state index contributed by atoms with van der Waals surface area (Å²) in [6, 6.07) is 6.22. The zero-order valence-corrected chi connectivity index (χ0v) is 11.4. The van der Waals surface area contributed by atoms with Gasteiger partial charge in [0.05, 0.1) is 11.1 Å². The van der Waals surface area contributed by atoms with E-state index >= 15 is 0 Å². The van der Waals surface area contributed by atoms with Gasteiger partial charge in [0.2, 0.25) is 10.0 Å². The molecule has 102 valence electrons. The van der Waals surface area contributed by atoms with E-state index in [2.05, 4.69) is 9.82 Å². The molecule has 1 heterocycles. The Morgan fingerprint density at radius 2 is 2.21 bits per heavy atom. The summed E-state index contributed by atoms with van der Waals surface area (Å²) < 4.78 is 28.2. The first-order valence-electron chi connectivity index (χ1n) is 5.80. The SMILES string of the molecule is Cn1cc(CCNS(=O)(=O)c2cccc(N)c2)cn1. The average Bonchev–Trinajstić information content (AvgIpc) is 2.75. The molecule has 0 saturated carbocycles. The van der Waals surface area contributed by atoms with Crippen molar-refractivity contribution in [3.8, 4) is 0 Å². The zero-order chi connectivity index (χ0) is 13.9. The Morgan fingerprint density at radius 3 is 2.84 bits per heavy atom. The van der Waals surface area contributed by atoms with Gasteiger partial charge in [-0.15, -0.1) is 0 Å². The third kappa shape index (κ3) is 3.55. The summed E-state index contributed by atoms with van der Waals surface area (Å²) in [5, 5.41) is 4.02. The molecular weight excluding hydrogens is 264 g/mol. The molecule has 0 aliphatic rings. The second-order valence-electron chi connectivity index (χ2n) is 4.24. The molecule has 0 fully saturated rings. The predicted octanol–water partition coefficient (Wildman–Crippen LogP) is 0.523. The number of benzene rings is 1. The summed E-state index contributed by atoms with van der Waals surface area (Å²) >= 11 is 0. The number of hydrogen-bond acceptors (Lipinski definition) is 4. The van der Waals surface area contributed by atoms with Gasteiger partial charge < -0.3 is 5.73 Å². The van der Waals surface area contributed by atoms with Crippen molar-refractivity contribution in [3.63, 3.8) is 0 Å². The Morgan fingerprint density at radius 1 is 1.42 bits per heavy atom. The largest absolute Gasteiger partial charge is 0.399 e. The van der Waals surface area contributed by atoms with Crippen LogP contribution in [-0.2, 0) is 23.5 Å². The molecule has 19 heavy (non-hydrogen) atoms. The lowest BCUT2D eigenvalue weighted by Gasteiger charge is -2.06. The highest BCUT2D eigenvalue weighted by Gasteiger charge is 2.13. The molecule has 0 aliphatic carbocycles. The molecule has 3 N–H and O–H groups in total. The van der Waals surface area contributed by atoms with Crippen LogP contribution >= 0.6 is 0 Å². The first-order chi connectivity index (χ1) is 8.97. The van der Waals surface area contributed by atoms with Crippen LogP contribution in [0.4, 0.5) is 5.69 Å². The van der Waals surface area contributed by atoms with Gasteiger partial charge in [-0.05, 0) is 30.2 Å². The van der Waals surface area contributed by atoms with E-state index in [1.54, 1.807) is 23.0 Å². The lowest BCUT2D eigenvalue weighted by atomic mass is 10.3. The number of aromatic nitrogens is 2. The van der Waals surface area contributed by atoms with E-state index in [1.165, 1.54) is 12.1 Å². The maximum atomic E-state index is 12.0. The van der Waals surface area contributed by atoms with Crippen LogP contribution in [0.25, 0.3) is 0 Å². The second kappa shape index (κ2) is 5.41. The van der Waals surface area contributed by atoms with E-state index in [9.17, 15) is 8.42 Å². The van der Waals surface area contributed by atoms with Crippen molar-refractivity contribution in [2.24, 2.45) is 7.05 Å². The lowest BCUT2D eigenvalue weighted by molar-refractivity contribution is 0.581. The van der Waals surface area contributed by atoms with E-state index in [-0.39, 0.29) is 4.90 Å². The van der Waals surface area contributed by atoms with Gasteiger partial charge in [0.15, 0.2) is 0 Å². The van der Waals surface area contributed by atoms with Crippen molar-refractivity contribution in [3.05, 3.63) is 42.2 Å². The minimum absolute atomic E-state index is 0.179. The molecule has 2 rings (SSSR count). The predicted molar refractivity (Wildman–Crippen MR) is 73.0 cm³/mol. The summed E-state index contributed by atoms with van der Waals surface area (Å²) in [5.74, 6) is 0. The summed E-state index contributed by atoms with van der Waals surface area (Å²) in [6.07, 6.45) is 4.17. The molecule has 0 saturated heterocycles. The van der Waals surface area contributed by atoms with Crippen LogP contribution in [-0.4, -0.2) is 24.7 Å². The smallest absolute Gasteiger partial charge is 0.240 e. The molecule has 6 nitrogen and oxygen atoms in total. The summed E-state index contributed by atoms with van der Waals surface area (Å²) in [4.78, 5) is 0.179. The van der Waals surface area contributed by atoms with Crippen LogP contribution in [0.1, 0.15) is 5.56 Å². The van der Waals surface area contributed by atoms with E-state index in [0.717, 1.165) is 5.56 Å². The van der Waals surface area contributed by atoms with Crippen LogP contribution < -0.4 is 10.5 Å². The van der Waals surface area contributed by atoms with E-state index in [4.69, 9.17) is 5.73 Å². The van der Waals surface area contributed by atoms with Crippen molar-refractivity contribution in [2.75, 3.05) is 12.3 Å². The van der Waals surface area contributed by atoms with Crippen molar-refractivity contribution < 1.29 is 8.42 Å². The van der Waals surface area contributed by atoms with Gasteiger partial charge in [0, 0.05) is 25.5 Å². The first kappa shape index (κ1) is 13.6. The van der Waals surface area contributed by atoms with E-state index < -0.39 is 10.0 Å². The Labute approximate surface area is 112 Å². The molecule has 0 aliphatic heterocycles. The third-order valence-corrected chi connectivity index (χ3v) is 4.09. The minimum Gasteiger partial charge on any atom is -0.399 e. The van der Waals surface area contributed by atoms with Gasteiger partial charge in [-0.2, -0.15) is 5.10 Å². The average molecular weight is 280 g/mol. The molecule has 1 aromatic carbocycles. The maximum Gasteiger partial charge on any atom is 0.240 e. The lowest BCUT2D eigenvalue weighted by Crippen LogP contribution is -2.26. The van der Waals surface area contributed by atoms with Gasteiger partial charge in [-0.25, -0.2) is 13.1 Å². The van der Waals surface area contributed by atoms with Gasteiger partial charge in [-0.1, -0.05) is 6.07 Å². The Bertz CT molecular complexity index is 664.